The fraction of sp³-hybridized carbons (Fsp3) is 0.0588. The SMILES string of the molecule is Cn1nccc1-c1ccc2oc(-c3ccnc(C(=O)O)c3)nc2c1. The number of fused-ring (bicyclic) bond motifs is 1. The number of aromatic nitrogens is 4. The third kappa shape index (κ3) is 2.32. The van der Waals surface area contributed by atoms with Crippen LogP contribution >= 0.6 is 0 Å². The maximum Gasteiger partial charge on any atom is 0.354 e. The van der Waals surface area contributed by atoms with Gasteiger partial charge in [-0.2, -0.15) is 5.10 Å². The number of benzene rings is 1. The van der Waals surface area contributed by atoms with Crippen LogP contribution in [0, 0.1) is 0 Å². The van der Waals surface area contributed by atoms with Gasteiger partial charge in [-0.3, -0.25) is 4.68 Å². The number of hydrogen-bond donors (Lipinski definition) is 1. The third-order valence-corrected chi connectivity index (χ3v) is 3.73. The first-order valence-corrected chi connectivity index (χ1v) is 7.20. The Bertz CT molecular complexity index is 1060. The first kappa shape index (κ1) is 14.1. The normalized spacial score (nSPS) is 11.0. The molecule has 118 valence electrons. The van der Waals surface area contributed by atoms with Crippen molar-refractivity contribution < 1.29 is 14.3 Å². The van der Waals surface area contributed by atoms with Gasteiger partial charge < -0.3 is 9.52 Å². The van der Waals surface area contributed by atoms with Crippen LogP contribution in [0.25, 0.3) is 33.8 Å². The first-order chi connectivity index (χ1) is 11.6. The molecule has 0 saturated carbocycles. The highest BCUT2D eigenvalue weighted by Crippen LogP contribution is 2.28. The van der Waals surface area contributed by atoms with Crippen molar-refractivity contribution in [2.24, 2.45) is 7.05 Å². The van der Waals surface area contributed by atoms with Gasteiger partial charge in [0.1, 0.15) is 11.2 Å². The molecule has 24 heavy (non-hydrogen) atoms. The van der Waals surface area contributed by atoms with Crippen molar-refractivity contribution in [2.75, 3.05) is 0 Å². The van der Waals surface area contributed by atoms with E-state index < -0.39 is 5.97 Å². The molecule has 0 atom stereocenters. The van der Waals surface area contributed by atoms with Crippen molar-refractivity contribution in [1.82, 2.24) is 19.7 Å². The number of carboxylic acid groups (broad SMARTS) is 1. The minimum atomic E-state index is -1.09. The van der Waals surface area contributed by atoms with Crippen molar-refractivity contribution in [1.29, 1.82) is 0 Å². The summed E-state index contributed by atoms with van der Waals surface area (Å²) in [5.74, 6) is -0.733. The number of rotatable bonds is 3. The molecule has 0 saturated heterocycles. The number of nitrogens with zero attached hydrogens (tertiary/aromatic N) is 4. The lowest BCUT2D eigenvalue weighted by Crippen LogP contribution is -1.99. The van der Waals surface area contributed by atoms with Gasteiger partial charge >= 0.3 is 5.97 Å². The second-order valence-electron chi connectivity index (χ2n) is 5.28. The summed E-state index contributed by atoms with van der Waals surface area (Å²) < 4.78 is 7.52. The van der Waals surface area contributed by atoms with Crippen molar-refractivity contribution in [3.63, 3.8) is 0 Å². The Balaban J connectivity index is 1.80. The quantitative estimate of drug-likeness (QED) is 0.623. The van der Waals surface area contributed by atoms with Crippen LogP contribution in [0.3, 0.4) is 0 Å². The molecule has 7 nitrogen and oxygen atoms in total. The monoisotopic (exact) mass is 320 g/mol. The summed E-state index contributed by atoms with van der Waals surface area (Å²) in [5.41, 5.74) is 3.79. The van der Waals surface area contributed by atoms with Crippen molar-refractivity contribution in [3.05, 3.63) is 54.5 Å². The number of pyridine rings is 1. The molecule has 1 N–H and O–H groups in total. The van der Waals surface area contributed by atoms with Crippen LogP contribution in [0.15, 0.2) is 53.2 Å². The summed E-state index contributed by atoms with van der Waals surface area (Å²) in [6.07, 6.45) is 3.16. The molecule has 0 radical (unpaired) electrons. The molecular formula is C17H12N4O3. The largest absolute Gasteiger partial charge is 0.477 e. The van der Waals surface area contributed by atoms with Gasteiger partial charge in [-0.25, -0.2) is 14.8 Å². The van der Waals surface area contributed by atoms with Crippen LogP contribution in [0.1, 0.15) is 10.5 Å². The molecule has 7 heteroatoms. The highest BCUT2D eigenvalue weighted by atomic mass is 16.4. The zero-order valence-corrected chi connectivity index (χ0v) is 12.7. The summed E-state index contributed by atoms with van der Waals surface area (Å²) in [4.78, 5) is 19.3. The molecule has 0 aliphatic carbocycles. The molecule has 0 fully saturated rings. The fourth-order valence-electron chi connectivity index (χ4n) is 2.55. The van der Waals surface area contributed by atoms with E-state index in [0.29, 0.717) is 22.6 Å². The van der Waals surface area contributed by atoms with E-state index in [4.69, 9.17) is 9.52 Å². The van der Waals surface area contributed by atoms with E-state index in [9.17, 15) is 4.79 Å². The van der Waals surface area contributed by atoms with Gasteiger partial charge in [0.05, 0.1) is 5.69 Å². The van der Waals surface area contributed by atoms with Gasteiger partial charge in [-0.1, -0.05) is 0 Å². The number of oxazole rings is 1. The smallest absolute Gasteiger partial charge is 0.354 e. The Hall–Kier alpha value is -3.48. The maximum atomic E-state index is 11.0. The molecular weight excluding hydrogens is 308 g/mol. The second kappa shape index (κ2) is 5.31. The first-order valence-electron chi connectivity index (χ1n) is 7.20. The van der Waals surface area contributed by atoms with Gasteiger partial charge in [-0.05, 0) is 36.4 Å². The Morgan fingerprint density at radius 1 is 1.12 bits per heavy atom. The number of aryl methyl sites for hydroxylation is 1. The van der Waals surface area contributed by atoms with Gasteiger partial charge in [0.2, 0.25) is 5.89 Å². The minimum Gasteiger partial charge on any atom is -0.477 e. The Kier molecular flexibility index (Phi) is 3.13. The van der Waals surface area contributed by atoms with E-state index in [2.05, 4.69) is 15.1 Å². The van der Waals surface area contributed by atoms with Crippen LogP contribution in [-0.4, -0.2) is 30.8 Å². The standard InChI is InChI=1S/C17H12N4O3/c1-21-14(5-7-19-21)10-2-3-15-12(8-10)20-16(24-15)11-4-6-18-13(9-11)17(22)23/h2-9H,1H3,(H,22,23). The Morgan fingerprint density at radius 3 is 2.75 bits per heavy atom. The molecule has 0 amide bonds. The molecule has 4 rings (SSSR count). The molecule has 4 aromatic rings. The highest BCUT2D eigenvalue weighted by Gasteiger charge is 2.13. The van der Waals surface area contributed by atoms with Gasteiger partial charge in [-0.15, -0.1) is 0 Å². The van der Waals surface area contributed by atoms with Crippen LogP contribution in [0.4, 0.5) is 0 Å². The number of carbonyl (C=O) groups is 1. The van der Waals surface area contributed by atoms with Gasteiger partial charge in [0.15, 0.2) is 5.58 Å². The topological polar surface area (TPSA) is 94.0 Å². The molecule has 1 aromatic carbocycles. The van der Waals surface area contributed by atoms with Crippen molar-refractivity contribution in [2.45, 2.75) is 0 Å². The number of hydrogen-bond acceptors (Lipinski definition) is 5. The summed E-state index contributed by atoms with van der Waals surface area (Å²) >= 11 is 0. The predicted molar refractivity (Wildman–Crippen MR) is 86.4 cm³/mol. The second-order valence-corrected chi connectivity index (χ2v) is 5.28. The Morgan fingerprint density at radius 2 is 2.00 bits per heavy atom. The molecule has 0 bridgehead atoms. The lowest BCUT2D eigenvalue weighted by molar-refractivity contribution is 0.0690. The number of carboxylic acids is 1. The van der Waals surface area contributed by atoms with Crippen LogP contribution < -0.4 is 0 Å². The average molecular weight is 320 g/mol. The highest BCUT2D eigenvalue weighted by molar-refractivity contribution is 5.87. The molecule has 0 aliphatic rings. The van der Waals surface area contributed by atoms with Gasteiger partial charge in [0.25, 0.3) is 0 Å². The van der Waals surface area contributed by atoms with Crippen LogP contribution in [-0.2, 0) is 7.05 Å². The van der Waals surface area contributed by atoms with Crippen LogP contribution in [0.2, 0.25) is 0 Å². The van der Waals surface area contributed by atoms with E-state index in [1.165, 1.54) is 12.3 Å². The predicted octanol–water partition coefficient (Wildman–Crippen LogP) is 2.99. The maximum absolute atomic E-state index is 11.0. The Labute approximate surface area is 136 Å². The fourth-order valence-corrected chi connectivity index (χ4v) is 2.55. The van der Waals surface area contributed by atoms with Crippen molar-refractivity contribution >= 4 is 17.1 Å². The summed E-state index contributed by atoms with van der Waals surface area (Å²) in [6.45, 7) is 0. The lowest BCUT2D eigenvalue weighted by atomic mass is 10.1. The minimum absolute atomic E-state index is 0.0506. The lowest BCUT2D eigenvalue weighted by Gasteiger charge is -2.00. The van der Waals surface area contributed by atoms with E-state index in [0.717, 1.165) is 11.3 Å². The molecule has 3 aromatic heterocycles. The molecule has 0 aliphatic heterocycles. The summed E-state index contributed by atoms with van der Waals surface area (Å²) in [6, 6.07) is 10.7. The molecule has 3 heterocycles. The zero-order chi connectivity index (χ0) is 16.7. The van der Waals surface area contributed by atoms with E-state index in [1.54, 1.807) is 16.9 Å². The summed E-state index contributed by atoms with van der Waals surface area (Å²) in [5, 5.41) is 13.2. The van der Waals surface area contributed by atoms with E-state index in [-0.39, 0.29) is 5.69 Å². The third-order valence-electron chi connectivity index (χ3n) is 3.73. The summed E-state index contributed by atoms with van der Waals surface area (Å²) in [7, 11) is 1.87. The number of aromatic carboxylic acids is 1. The molecule has 0 spiro atoms. The van der Waals surface area contributed by atoms with Crippen molar-refractivity contribution in [3.8, 4) is 22.7 Å². The van der Waals surface area contributed by atoms with Crippen LogP contribution in [0.5, 0.6) is 0 Å². The van der Waals surface area contributed by atoms with Gasteiger partial charge in [0, 0.05) is 30.6 Å². The van der Waals surface area contributed by atoms with E-state index >= 15 is 0 Å². The molecule has 0 unspecified atom stereocenters. The average Bonchev–Trinajstić information content (AvgIpc) is 3.20. The van der Waals surface area contributed by atoms with E-state index in [1.807, 2.05) is 31.3 Å². The zero-order valence-electron chi connectivity index (χ0n) is 12.7.